The number of aryl methyl sites for hydroxylation is 3. The Hall–Kier alpha value is -2.47. The lowest BCUT2D eigenvalue weighted by Gasteiger charge is -2.13. The van der Waals surface area contributed by atoms with Gasteiger partial charge in [0.1, 0.15) is 22.1 Å². The number of rotatable bonds is 5. The number of hydrogen-bond acceptors (Lipinski definition) is 6. The number of esters is 1. The molecule has 5 nitrogen and oxygen atoms in total. The van der Waals surface area contributed by atoms with Crippen molar-refractivity contribution in [2.75, 3.05) is 0 Å². The number of thiazole rings is 1. The van der Waals surface area contributed by atoms with E-state index in [9.17, 15) is 9.59 Å². The van der Waals surface area contributed by atoms with E-state index in [0.717, 1.165) is 11.3 Å². The third-order valence-corrected chi connectivity index (χ3v) is 5.34. The highest BCUT2D eigenvalue weighted by molar-refractivity contribution is 7.13. The molecule has 0 amide bonds. The van der Waals surface area contributed by atoms with E-state index in [2.05, 4.69) is 4.98 Å². The normalized spacial score (nSPS) is 11.3. The van der Waals surface area contributed by atoms with E-state index in [0.29, 0.717) is 45.9 Å². The van der Waals surface area contributed by atoms with Crippen LogP contribution in [0, 0.1) is 12.8 Å². The fourth-order valence-corrected chi connectivity index (χ4v) is 3.70. The van der Waals surface area contributed by atoms with E-state index in [4.69, 9.17) is 9.15 Å². The molecule has 0 aliphatic rings. The van der Waals surface area contributed by atoms with Gasteiger partial charge in [-0.05, 0) is 25.0 Å². The standard InChI is InChI=1S/C21H23NO4S/c1-6-13-8-14-17(9-16(13)26-21(24)11(3)4)25-15(7-2)18(19(14)23)20-22-12(5)10-27-20/h8-11H,6-7H2,1-5H3. The van der Waals surface area contributed by atoms with E-state index in [1.807, 2.05) is 26.2 Å². The molecule has 27 heavy (non-hydrogen) atoms. The minimum Gasteiger partial charge on any atom is -0.460 e. The molecule has 3 rings (SSSR count). The van der Waals surface area contributed by atoms with Gasteiger partial charge >= 0.3 is 5.97 Å². The summed E-state index contributed by atoms with van der Waals surface area (Å²) in [5, 5.41) is 3.08. The molecule has 0 radical (unpaired) electrons. The molecule has 0 spiro atoms. The molecule has 0 saturated heterocycles. The number of carbonyl (C=O) groups excluding carboxylic acids is 1. The fraction of sp³-hybridized carbons (Fsp3) is 0.381. The second-order valence-electron chi connectivity index (χ2n) is 6.76. The Labute approximate surface area is 162 Å². The van der Waals surface area contributed by atoms with Gasteiger partial charge in [-0.25, -0.2) is 4.98 Å². The highest BCUT2D eigenvalue weighted by Crippen LogP contribution is 2.31. The van der Waals surface area contributed by atoms with Crippen LogP contribution in [0.15, 0.2) is 26.7 Å². The van der Waals surface area contributed by atoms with Crippen molar-refractivity contribution in [2.45, 2.75) is 47.5 Å². The lowest BCUT2D eigenvalue weighted by Crippen LogP contribution is -2.16. The Balaban J connectivity index is 2.24. The van der Waals surface area contributed by atoms with Gasteiger partial charge < -0.3 is 9.15 Å². The summed E-state index contributed by atoms with van der Waals surface area (Å²) in [6, 6.07) is 3.43. The van der Waals surface area contributed by atoms with Crippen LogP contribution >= 0.6 is 11.3 Å². The molecule has 0 aliphatic heterocycles. The van der Waals surface area contributed by atoms with Crippen molar-refractivity contribution in [1.29, 1.82) is 0 Å². The van der Waals surface area contributed by atoms with Gasteiger partial charge in [0.25, 0.3) is 0 Å². The van der Waals surface area contributed by atoms with Gasteiger partial charge in [-0.15, -0.1) is 11.3 Å². The number of carbonyl (C=O) groups is 1. The molecule has 142 valence electrons. The Morgan fingerprint density at radius 3 is 2.56 bits per heavy atom. The molecule has 0 bridgehead atoms. The lowest BCUT2D eigenvalue weighted by molar-refractivity contribution is -0.137. The van der Waals surface area contributed by atoms with Crippen LogP contribution in [0.3, 0.4) is 0 Å². The highest BCUT2D eigenvalue weighted by Gasteiger charge is 2.20. The van der Waals surface area contributed by atoms with E-state index in [1.54, 1.807) is 26.0 Å². The molecule has 0 fully saturated rings. The smallest absolute Gasteiger partial charge is 0.313 e. The highest BCUT2D eigenvalue weighted by atomic mass is 32.1. The first-order chi connectivity index (χ1) is 12.8. The quantitative estimate of drug-likeness (QED) is 0.461. The largest absolute Gasteiger partial charge is 0.460 e. The molecule has 6 heteroatoms. The first kappa shape index (κ1) is 19.3. The van der Waals surface area contributed by atoms with Crippen LogP contribution in [0.5, 0.6) is 5.75 Å². The fourth-order valence-electron chi connectivity index (χ4n) is 2.84. The van der Waals surface area contributed by atoms with Crippen molar-refractivity contribution in [3.05, 3.63) is 44.8 Å². The summed E-state index contributed by atoms with van der Waals surface area (Å²) in [6.45, 7) is 9.37. The summed E-state index contributed by atoms with van der Waals surface area (Å²) in [5.74, 6) is 0.495. The predicted octanol–water partition coefficient (Wildman–Crippen LogP) is 4.91. The summed E-state index contributed by atoms with van der Waals surface area (Å²) in [5.41, 5.74) is 2.53. The summed E-state index contributed by atoms with van der Waals surface area (Å²) in [4.78, 5) is 29.7. The second kappa shape index (κ2) is 7.64. The van der Waals surface area contributed by atoms with Crippen molar-refractivity contribution in [2.24, 2.45) is 5.92 Å². The molecule has 0 atom stereocenters. The molecule has 2 heterocycles. The van der Waals surface area contributed by atoms with Crippen molar-refractivity contribution >= 4 is 28.3 Å². The molecule has 0 unspecified atom stereocenters. The zero-order valence-electron chi connectivity index (χ0n) is 16.2. The Bertz CT molecular complexity index is 1060. The van der Waals surface area contributed by atoms with E-state index in [-0.39, 0.29) is 17.3 Å². The van der Waals surface area contributed by atoms with Crippen molar-refractivity contribution in [3.8, 4) is 16.3 Å². The average Bonchev–Trinajstić information content (AvgIpc) is 3.06. The maximum atomic E-state index is 13.2. The number of nitrogens with zero attached hydrogens (tertiary/aromatic N) is 1. The molecular formula is C21H23NO4S. The van der Waals surface area contributed by atoms with Gasteiger partial charge in [0.05, 0.1) is 16.9 Å². The van der Waals surface area contributed by atoms with E-state index < -0.39 is 0 Å². The van der Waals surface area contributed by atoms with Gasteiger partial charge in [-0.3, -0.25) is 9.59 Å². The third-order valence-electron chi connectivity index (χ3n) is 4.36. The van der Waals surface area contributed by atoms with Crippen LogP contribution in [0.4, 0.5) is 0 Å². The second-order valence-corrected chi connectivity index (χ2v) is 7.62. The van der Waals surface area contributed by atoms with E-state index >= 15 is 0 Å². The first-order valence-corrected chi connectivity index (χ1v) is 10.00. The van der Waals surface area contributed by atoms with Crippen molar-refractivity contribution in [1.82, 2.24) is 4.98 Å². The molecular weight excluding hydrogens is 362 g/mol. The number of benzene rings is 1. The van der Waals surface area contributed by atoms with Crippen LogP contribution in [0.2, 0.25) is 0 Å². The average molecular weight is 385 g/mol. The summed E-state index contributed by atoms with van der Waals surface area (Å²) < 4.78 is 11.6. The van der Waals surface area contributed by atoms with Crippen LogP contribution in [0.1, 0.15) is 44.7 Å². The SMILES string of the molecule is CCc1cc2c(=O)c(-c3nc(C)cs3)c(CC)oc2cc1OC(=O)C(C)C. The van der Waals surface area contributed by atoms with Gasteiger partial charge in [-0.1, -0.05) is 27.7 Å². The summed E-state index contributed by atoms with van der Waals surface area (Å²) >= 11 is 1.44. The maximum Gasteiger partial charge on any atom is 0.313 e. The minimum absolute atomic E-state index is 0.0983. The topological polar surface area (TPSA) is 69.4 Å². The monoisotopic (exact) mass is 385 g/mol. The molecule has 0 saturated carbocycles. The summed E-state index contributed by atoms with van der Waals surface area (Å²) in [7, 11) is 0. The van der Waals surface area contributed by atoms with Crippen LogP contribution in [0.25, 0.3) is 21.5 Å². The molecule has 0 N–H and O–H groups in total. The van der Waals surface area contributed by atoms with Crippen LogP contribution < -0.4 is 10.2 Å². The number of aromatic nitrogens is 1. The Morgan fingerprint density at radius 1 is 1.26 bits per heavy atom. The number of fused-ring (bicyclic) bond motifs is 1. The zero-order valence-corrected chi connectivity index (χ0v) is 17.0. The first-order valence-electron chi connectivity index (χ1n) is 9.12. The predicted molar refractivity (Wildman–Crippen MR) is 108 cm³/mol. The minimum atomic E-state index is -0.308. The van der Waals surface area contributed by atoms with Gasteiger partial charge in [0, 0.05) is 23.6 Å². The maximum absolute atomic E-state index is 13.2. The third kappa shape index (κ3) is 3.67. The van der Waals surface area contributed by atoms with Crippen molar-refractivity contribution < 1.29 is 13.9 Å². The van der Waals surface area contributed by atoms with Gasteiger partial charge in [0.15, 0.2) is 0 Å². The number of hydrogen-bond donors (Lipinski definition) is 0. The zero-order chi connectivity index (χ0) is 19.7. The van der Waals surface area contributed by atoms with Crippen molar-refractivity contribution in [3.63, 3.8) is 0 Å². The Morgan fingerprint density at radius 2 is 2.00 bits per heavy atom. The number of ether oxygens (including phenoxy) is 1. The molecule has 3 aromatic rings. The molecule has 0 aliphatic carbocycles. The molecule has 1 aromatic carbocycles. The molecule has 2 aromatic heterocycles. The lowest BCUT2D eigenvalue weighted by atomic mass is 10.0. The van der Waals surface area contributed by atoms with Crippen LogP contribution in [-0.2, 0) is 17.6 Å². The Kier molecular flexibility index (Phi) is 5.46. The summed E-state index contributed by atoms with van der Waals surface area (Å²) in [6.07, 6.45) is 1.20. The van der Waals surface area contributed by atoms with Gasteiger partial charge in [-0.2, -0.15) is 0 Å². The van der Waals surface area contributed by atoms with E-state index in [1.165, 1.54) is 11.3 Å². The van der Waals surface area contributed by atoms with Gasteiger partial charge in [0.2, 0.25) is 5.43 Å². The van der Waals surface area contributed by atoms with Crippen LogP contribution in [-0.4, -0.2) is 11.0 Å².